The summed E-state index contributed by atoms with van der Waals surface area (Å²) in [6.45, 7) is 5.27. The van der Waals surface area contributed by atoms with Gasteiger partial charge in [0.2, 0.25) is 0 Å². The van der Waals surface area contributed by atoms with Crippen molar-refractivity contribution in [2.75, 3.05) is 19.5 Å². The molecule has 0 unspecified atom stereocenters. The summed E-state index contributed by atoms with van der Waals surface area (Å²) < 4.78 is 11.0. The fourth-order valence-electron chi connectivity index (χ4n) is 1.30. The summed E-state index contributed by atoms with van der Waals surface area (Å²) in [5.74, 6) is 0. The Bertz CT molecular complexity index is 270. The van der Waals surface area contributed by atoms with Crippen molar-refractivity contribution in [2.24, 2.45) is 0 Å². The molecule has 0 heterocycles. The van der Waals surface area contributed by atoms with Gasteiger partial charge in [-0.1, -0.05) is 12.1 Å². The van der Waals surface area contributed by atoms with Crippen molar-refractivity contribution < 1.29 is 9.31 Å². The van der Waals surface area contributed by atoms with Crippen LogP contribution >= 0.6 is 11.8 Å². The molecule has 1 aromatic carbocycles. The number of rotatable bonds is 6. The van der Waals surface area contributed by atoms with Crippen LogP contribution in [0.15, 0.2) is 29.2 Å². The molecule has 0 atom stereocenters. The minimum absolute atomic E-state index is 0.226. The molecule has 0 spiro atoms. The molecule has 0 aliphatic carbocycles. The van der Waals surface area contributed by atoms with Crippen LogP contribution in [0.3, 0.4) is 0 Å². The molecule has 0 bridgehead atoms. The second-order valence-corrected chi connectivity index (χ2v) is 3.90. The molecular weight excluding hydrogens is 207 g/mol. The van der Waals surface area contributed by atoms with Gasteiger partial charge >= 0.3 is 7.12 Å². The van der Waals surface area contributed by atoms with Crippen LogP contribution in [0.2, 0.25) is 0 Å². The van der Waals surface area contributed by atoms with E-state index in [9.17, 15) is 0 Å². The molecule has 0 amide bonds. The van der Waals surface area contributed by atoms with Gasteiger partial charge in [0.1, 0.15) is 0 Å². The van der Waals surface area contributed by atoms with E-state index in [1.807, 2.05) is 13.8 Å². The summed E-state index contributed by atoms with van der Waals surface area (Å²) in [5.41, 5.74) is 1.08. The third-order valence-electron chi connectivity index (χ3n) is 2.02. The van der Waals surface area contributed by atoms with E-state index >= 15 is 0 Å². The molecule has 1 rings (SSSR count). The Hall–Kier alpha value is -0.445. The SMILES string of the molecule is CCOB(OCC)c1ccc(SC)cc1. The molecule has 0 saturated heterocycles. The third kappa shape index (κ3) is 3.90. The molecule has 0 saturated carbocycles. The van der Waals surface area contributed by atoms with Gasteiger partial charge in [-0.3, -0.25) is 0 Å². The van der Waals surface area contributed by atoms with Gasteiger partial charge in [0.05, 0.1) is 0 Å². The van der Waals surface area contributed by atoms with E-state index < -0.39 is 0 Å². The minimum Gasteiger partial charge on any atom is -0.408 e. The summed E-state index contributed by atoms with van der Waals surface area (Å²) >= 11 is 1.73. The standard InChI is InChI=1S/C11H17BO2S/c1-4-13-12(14-5-2)10-6-8-11(15-3)9-7-10/h6-9H,4-5H2,1-3H3. The van der Waals surface area contributed by atoms with Crippen LogP contribution in [0.4, 0.5) is 0 Å². The van der Waals surface area contributed by atoms with Crippen LogP contribution in [0.1, 0.15) is 13.8 Å². The Morgan fingerprint density at radius 2 is 1.60 bits per heavy atom. The summed E-state index contributed by atoms with van der Waals surface area (Å²) in [6, 6.07) is 8.29. The van der Waals surface area contributed by atoms with Gasteiger partial charge in [-0.15, -0.1) is 11.8 Å². The maximum Gasteiger partial charge on any atom is 0.493 e. The van der Waals surface area contributed by atoms with Gasteiger partial charge in [0.15, 0.2) is 0 Å². The average molecular weight is 224 g/mol. The highest BCUT2D eigenvalue weighted by Crippen LogP contribution is 2.11. The van der Waals surface area contributed by atoms with Crippen molar-refractivity contribution in [1.29, 1.82) is 0 Å². The summed E-state index contributed by atoms with van der Waals surface area (Å²) in [5, 5.41) is 0. The Labute approximate surface area is 96.5 Å². The van der Waals surface area contributed by atoms with Gasteiger partial charge in [0.25, 0.3) is 0 Å². The quantitative estimate of drug-likeness (QED) is 0.545. The summed E-state index contributed by atoms with van der Waals surface area (Å²) in [4.78, 5) is 1.26. The average Bonchev–Trinajstić information content (AvgIpc) is 2.29. The van der Waals surface area contributed by atoms with E-state index in [0.29, 0.717) is 13.2 Å². The first-order chi connectivity index (χ1) is 7.31. The van der Waals surface area contributed by atoms with Crippen molar-refractivity contribution >= 4 is 24.3 Å². The molecule has 4 heteroatoms. The Kier molecular flexibility index (Phi) is 5.83. The van der Waals surface area contributed by atoms with Crippen LogP contribution in [-0.4, -0.2) is 26.6 Å². The van der Waals surface area contributed by atoms with Crippen molar-refractivity contribution in [1.82, 2.24) is 0 Å². The molecule has 0 aliphatic heterocycles. The van der Waals surface area contributed by atoms with Crippen molar-refractivity contribution in [2.45, 2.75) is 18.7 Å². The molecule has 0 radical (unpaired) electrons. The minimum atomic E-state index is -0.226. The van der Waals surface area contributed by atoms with Crippen LogP contribution in [0.5, 0.6) is 0 Å². The van der Waals surface area contributed by atoms with Crippen LogP contribution in [0.25, 0.3) is 0 Å². The van der Waals surface area contributed by atoms with Crippen LogP contribution in [-0.2, 0) is 9.31 Å². The van der Waals surface area contributed by atoms with Crippen molar-refractivity contribution in [3.63, 3.8) is 0 Å². The van der Waals surface area contributed by atoms with E-state index in [2.05, 4.69) is 30.5 Å². The molecule has 1 aromatic rings. The maximum atomic E-state index is 5.51. The zero-order valence-electron chi connectivity index (χ0n) is 9.53. The molecular formula is C11H17BO2S. The molecule has 0 fully saturated rings. The molecule has 82 valence electrons. The molecule has 0 N–H and O–H groups in total. The first-order valence-corrected chi connectivity index (χ1v) is 6.41. The normalized spacial score (nSPS) is 10.3. The summed E-state index contributed by atoms with van der Waals surface area (Å²) in [7, 11) is -0.226. The fourth-order valence-corrected chi connectivity index (χ4v) is 1.71. The number of hydrogen-bond acceptors (Lipinski definition) is 3. The Morgan fingerprint density at radius 1 is 1.07 bits per heavy atom. The Morgan fingerprint density at radius 3 is 2.00 bits per heavy atom. The molecule has 0 aromatic heterocycles. The second kappa shape index (κ2) is 6.93. The van der Waals surface area contributed by atoms with Crippen LogP contribution < -0.4 is 5.46 Å². The molecule has 0 aliphatic rings. The largest absolute Gasteiger partial charge is 0.493 e. The second-order valence-electron chi connectivity index (χ2n) is 3.02. The van der Waals surface area contributed by atoms with Gasteiger partial charge < -0.3 is 9.31 Å². The maximum absolute atomic E-state index is 5.51. The zero-order chi connectivity index (χ0) is 11.1. The highest BCUT2D eigenvalue weighted by atomic mass is 32.2. The number of hydrogen-bond donors (Lipinski definition) is 0. The first kappa shape index (κ1) is 12.6. The lowest BCUT2D eigenvalue weighted by Gasteiger charge is -2.12. The Balaban J connectivity index is 2.72. The predicted molar refractivity (Wildman–Crippen MR) is 66.9 cm³/mol. The van der Waals surface area contributed by atoms with E-state index in [-0.39, 0.29) is 7.12 Å². The van der Waals surface area contributed by atoms with Gasteiger partial charge in [-0.25, -0.2) is 0 Å². The van der Waals surface area contributed by atoms with Crippen molar-refractivity contribution in [3.05, 3.63) is 24.3 Å². The predicted octanol–water partition coefficient (Wildman–Crippen LogP) is 2.18. The number of thioether (sulfide) groups is 1. The smallest absolute Gasteiger partial charge is 0.408 e. The first-order valence-electron chi connectivity index (χ1n) is 5.19. The summed E-state index contributed by atoms with van der Waals surface area (Å²) in [6.07, 6.45) is 2.07. The fraction of sp³-hybridized carbons (Fsp3) is 0.455. The number of benzene rings is 1. The van der Waals surface area contributed by atoms with Gasteiger partial charge in [-0.05, 0) is 37.7 Å². The highest BCUT2D eigenvalue weighted by molar-refractivity contribution is 7.98. The highest BCUT2D eigenvalue weighted by Gasteiger charge is 2.19. The monoisotopic (exact) mass is 224 g/mol. The van der Waals surface area contributed by atoms with Crippen LogP contribution in [0, 0.1) is 0 Å². The van der Waals surface area contributed by atoms with Crippen molar-refractivity contribution in [3.8, 4) is 0 Å². The van der Waals surface area contributed by atoms with Gasteiger partial charge in [0, 0.05) is 18.1 Å². The van der Waals surface area contributed by atoms with Gasteiger partial charge in [-0.2, -0.15) is 0 Å². The third-order valence-corrected chi connectivity index (χ3v) is 2.77. The lowest BCUT2D eigenvalue weighted by Crippen LogP contribution is -2.36. The van der Waals surface area contributed by atoms with E-state index in [4.69, 9.17) is 9.31 Å². The molecule has 15 heavy (non-hydrogen) atoms. The lowest BCUT2D eigenvalue weighted by atomic mass is 9.79. The topological polar surface area (TPSA) is 18.5 Å². The lowest BCUT2D eigenvalue weighted by molar-refractivity contribution is 0.225. The molecule has 2 nitrogen and oxygen atoms in total. The van der Waals surface area contributed by atoms with E-state index in [1.54, 1.807) is 11.8 Å². The zero-order valence-corrected chi connectivity index (χ0v) is 10.3. The van der Waals surface area contributed by atoms with E-state index in [0.717, 1.165) is 5.46 Å². The van der Waals surface area contributed by atoms with E-state index in [1.165, 1.54) is 4.90 Å².